The van der Waals surface area contributed by atoms with E-state index in [4.69, 9.17) is 4.42 Å². The molecular formula is C15H14FN3O. The summed E-state index contributed by atoms with van der Waals surface area (Å²) >= 11 is 0. The maximum Gasteiger partial charge on any atom is 0.155 e. The Hall–Kier alpha value is -2.43. The Labute approximate surface area is 115 Å². The number of anilines is 1. The topological polar surface area (TPSA) is 51.0 Å². The van der Waals surface area contributed by atoms with Crippen LogP contribution < -0.4 is 5.32 Å². The van der Waals surface area contributed by atoms with Crippen molar-refractivity contribution in [3.05, 3.63) is 42.5 Å². The van der Waals surface area contributed by atoms with E-state index in [2.05, 4.69) is 22.2 Å². The smallest absolute Gasteiger partial charge is 0.155 e. The molecule has 0 radical (unpaired) electrons. The second kappa shape index (κ2) is 5.28. The van der Waals surface area contributed by atoms with Crippen LogP contribution in [-0.2, 0) is 0 Å². The first-order valence-electron chi connectivity index (χ1n) is 6.51. The quantitative estimate of drug-likeness (QED) is 0.783. The fourth-order valence-electron chi connectivity index (χ4n) is 1.96. The van der Waals surface area contributed by atoms with Gasteiger partial charge in [0, 0.05) is 11.9 Å². The molecule has 0 bridgehead atoms. The van der Waals surface area contributed by atoms with Crippen LogP contribution >= 0.6 is 0 Å². The zero-order chi connectivity index (χ0) is 13.9. The van der Waals surface area contributed by atoms with Gasteiger partial charge >= 0.3 is 0 Å². The first kappa shape index (κ1) is 12.6. The van der Waals surface area contributed by atoms with E-state index >= 15 is 0 Å². The Morgan fingerprint density at radius 3 is 3.00 bits per heavy atom. The van der Waals surface area contributed by atoms with Crippen molar-refractivity contribution >= 4 is 16.8 Å². The third-order valence-corrected chi connectivity index (χ3v) is 2.92. The molecule has 0 unspecified atom stereocenters. The fourth-order valence-corrected chi connectivity index (χ4v) is 1.96. The molecule has 1 aromatic carbocycles. The van der Waals surface area contributed by atoms with Crippen molar-refractivity contribution in [3.8, 4) is 11.5 Å². The van der Waals surface area contributed by atoms with Crippen LogP contribution in [0.2, 0.25) is 0 Å². The number of halogens is 1. The molecule has 3 rings (SSSR count). The lowest BCUT2D eigenvalue weighted by Crippen LogP contribution is -2.02. The normalized spacial score (nSPS) is 10.9. The number of aromatic nitrogens is 2. The minimum Gasteiger partial charge on any atom is -0.454 e. The average Bonchev–Trinajstić information content (AvgIpc) is 2.88. The van der Waals surface area contributed by atoms with Crippen molar-refractivity contribution in [1.29, 1.82) is 0 Å². The molecule has 0 fully saturated rings. The summed E-state index contributed by atoms with van der Waals surface area (Å²) in [5, 5.41) is 3.89. The van der Waals surface area contributed by atoms with E-state index in [9.17, 15) is 4.39 Å². The van der Waals surface area contributed by atoms with Gasteiger partial charge in [-0.3, -0.25) is 4.98 Å². The van der Waals surface area contributed by atoms with Gasteiger partial charge in [0.2, 0.25) is 0 Å². The number of nitrogens with one attached hydrogen (secondary N) is 1. The lowest BCUT2D eigenvalue weighted by Gasteiger charge is -2.03. The molecular weight excluding hydrogens is 257 g/mol. The Morgan fingerprint density at radius 1 is 1.25 bits per heavy atom. The van der Waals surface area contributed by atoms with E-state index in [-0.39, 0.29) is 5.82 Å². The molecule has 0 amide bonds. The first-order valence-corrected chi connectivity index (χ1v) is 6.51. The highest BCUT2D eigenvalue weighted by Crippen LogP contribution is 2.27. The summed E-state index contributed by atoms with van der Waals surface area (Å²) in [6.07, 6.45) is 4.31. The molecule has 0 aliphatic heterocycles. The van der Waals surface area contributed by atoms with Crippen LogP contribution in [0.25, 0.3) is 22.4 Å². The summed E-state index contributed by atoms with van der Waals surface area (Å²) in [7, 11) is 0. The summed E-state index contributed by atoms with van der Waals surface area (Å²) in [5.41, 5.74) is 1.26. The summed E-state index contributed by atoms with van der Waals surface area (Å²) < 4.78 is 18.8. The van der Waals surface area contributed by atoms with Gasteiger partial charge in [-0.2, -0.15) is 0 Å². The van der Waals surface area contributed by atoms with E-state index in [1.165, 1.54) is 12.1 Å². The van der Waals surface area contributed by atoms with Gasteiger partial charge in [-0.25, -0.2) is 9.37 Å². The molecule has 5 heteroatoms. The number of benzene rings is 1. The fraction of sp³-hybridized carbons (Fsp3) is 0.200. The van der Waals surface area contributed by atoms with Gasteiger partial charge in [0.25, 0.3) is 0 Å². The minimum atomic E-state index is -0.283. The maximum atomic E-state index is 13.2. The monoisotopic (exact) mass is 271 g/mol. The standard InChI is InChI=1S/C15H14FN3O/c1-2-5-18-15-9-17-8-12(19-15)14-7-10-6-11(16)3-4-13(10)20-14/h3-4,6-9H,2,5H2,1H3,(H,18,19). The van der Waals surface area contributed by atoms with Crippen LogP contribution in [-0.4, -0.2) is 16.5 Å². The molecule has 0 saturated carbocycles. The largest absolute Gasteiger partial charge is 0.454 e. The van der Waals surface area contributed by atoms with Crippen LogP contribution in [0.15, 0.2) is 41.1 Å². The minimum absolute atomic E-state index is 0.283. The molecule has 0 spiro atoms. The van der Waals surface area contributed by atoms with Crippen molar-refractivity contribution in [1.82, 2.24) is 9.97 Å². The van der Waals surface area contributed by atoms with E-state index in [0.29, 0.717) is 28.2 Å². The average molecular weight is 271 g/mol. The zero-order valence-corrected chi connectivity index (χ0v) is 11.1. The van der Waals surface area contributed by atoms with Crippen molar-refractivity contribution in [3.63, 3.8) is 0 Å². The number of nitrogens with zero attached hydrogens (tertiary/aromatic N) is 2. The van der Waals surface area contributed by atoms with E-state index in [1.54, 1.807) is 24.5 Å². The first-order chi connectivity index (χ1) is 9.76. The van der Waals surface area contributed by atoms with E-state index in [0.717, 1.165) is 13.0 Å². The molecule has 0 aliphatic rings. The van der Waals surface area contributed by atoms with Crippen molar-refractivity contribution in [2.75, 3.05) is 11.9 Å². The van der Waals surface area contributed by atoms with Gasteiger partial charge in [0.1, 0.15) is 22.9 Å². The van der Waals surface area contributed by atoms with Crippen molar-refractivity contribution in [2.45, 2.75) is 13.3 Å². The van der Waals surface area contributed by atoms with E-state index < -0.39 is 0 Å². The molecule has 1 N–H and O–H groups in total. The predicted octanol–water partition coefficient (Wildman–Crippen LogP) is 3.85. The van der Waals surface area contributed by atoms with Crippen LogP contribution in [0.5, 0.6) is 0 Å². The van der Waals surface area contributed by atoms with Gasteiger partial charge < -0.3 is 9.73 Å². The van der Waals surface area contributed by atoms with Crippen molar-refractivity contribution in [2.24, 2.45) is 0 Å². The number of rotatable bonds is 4. The zero-order valence-electron chi connectivity index (χ0n) is 11.1. The Kier molecular flexibility index (Phi) is 3.33. The second-order valence-corrected chi connectivity index (χ2v) is 4.51. The van der Waals surface area contributed by atoms with Crippen molar-refractivity contribution < 1.29 is 8.81 Å². The van der Waals surface area contributed by atoms with Gasteiger partial charge in [-0.15, -0.1) is 0 Å². The lowest BCUT2D eigenvalue weighted by atomic mass is 10.2. The molecule has 3 aromatic rings. The third-order valence-electron chi connectivity index (χ3n) is 2.92. The number of hydrogen-bond donors (Lipinski definition) is 1. The number of furan rings is 1. The Balaban J connectivity index is 1.97. The molecule has 102 valence electrons. The Morgan fingerprint density at radius 2 is 2.15 bits per heavy atom. The van der Waals surface area contributed by atoms with Crippen LogP contribution in [0.4, 0.5) is 10.2 Å². The van der Waals surface area contributed by atoms with Crippen LogP contribution in [0.1, 0.15) is 13.3 Å². The number of fused-ring (bicyclic) bond motifs is 1. The molecule has 4 nitrogen and oxygen atoms in total. The maximum absolute atomic E-state index is 13.2. The molecule has 0 aliphatic carbocycles. The second-order valence-electron chi connectivity index (χ2n) is 4.51. The van der Waals surface area contributed by atoms with Crippen LogP contribution in [0.3, 0.4) is 0 Å². The van der Waals surface area contributed by atoms with Gasteiger partial charge in [-0.1, -0.05) is 6.92 Å². The highest BCUT2D eigenvalue weighted by atomic mass is 19.1. The van der Waals surface area contributed by atoms with Gasteiger partial charge in [-0.05, 0) is 30.7 Å². The summed E-state index contributed by atoms with van der Waals surface area (Å²) in [6, 6.07) is 6.20. The molecule has 2 heterocycles. The number of hydrogen-bond acceptors (Lipinski definition) is 4. The predicted molar refractivity (Wildman–Crippen MR) is 76.0 cm³/mol. The Bertz CT molecular complexity index is 739. The summed E-state index contributed by atoms with van der Waals surface area (Å²) in [6.45, 7) is 2.92. The van der Waals surface area contributed by atoms with Gasteiger partial charge in [0.15, 0.2) is 5.76 Å². The SMILES string of the molecule is CCCNc1cncc(-c2cc3cc(F)ccc3o2)n1. The molecule has 0 atom stereocenters. The van der Waals surface area contributed by atoms with E-state index in [1.807, 2.05) is 0 Å². The highest BCUT2D eigenvalue weighted by Gasteiger charge is 2.09. The lowest BCUT2D eigenvalue weighted by molar-refractivity contribution is 0.617. The summed E-state index contributed by atoms with van der Waals surface area (Å²) in [5.74, 6) is 1.00. The molecule has 0 saturated heterocycles. The molecule has 20 heavy (non-hydrogen) atoms. The highest BCUT2D eigenvalue weighted by molar-refractivity contribution is 5.82. The van der Waals surface area contributed by atoms with Gasteiger partial charge in [0.05, 0.1) is 12.4 Å². The third kappa shape index (κ3) is 2.47. The molecule has 2 aromatic heterocycles. The van der Waals surface area contributed by atoms with Crippen LogP contribution in [0, 0.1) is 5.82 Å². The summed E-state index contributed by atoms with van der Waals surface area (Å²) in [4.78, 5) is 8.58.